The summed E-state index contributed by atoms with van der Waals surface area (Å²) in [6.07, 6.45) is 2.63. The van der Waals surface area contributed by atoms with Gasteiger partial charge in [0.15, 0.2) is 6.61 Å². The highest BCUT2D eigenvalue weighted by atomic mass is 32.2. The number of anilines is 1. The summed E-state index contributed by atoms with van der Waals surface area (Å²) in [6, 6.07) is 7.77. The van der Waals surface area contributed by atoms with Gasteiger partial charge in [0.05, 0.1) is 5.69 Å². The number of hydrogen-bond acceptors (Lipinski definition) is 5. The minimum atomic E-state index is -0.590. The van der Waals surface area contributed by atoms with Gasteiger partial charge in [-0.25, -0.2) is 0 Å². The van der Waals surface area contributed by atoms with Crippen LogP contribution in [0.2, 0.25) is 0 Å². The number of nitrogens with zero attached hydrogens (tertiary/aromatic N) is 1. The molecule has 0 unspecified atom stereocenters. The first-order chi connectivity index (χ1) is 12.0. The first kappa shape index (κ1) is 17.8. The summed E-state index contributed by atoms with van der Waals surface area (Å²) in [7, 11) is 0. The second-order valence-corrected chi connectivity index (χ2v) is 7.86. The number of carbonyl (C=O) groups is 3. The average molecular weight is 362 g/mol. The molecule has 1 aliphatic heterocycles. The van der Waals surface area contributed by atoms with Crippen LogP contribution < -0.4 is 10.2 Å². The molecule has 2 amide bonds. The summed E-state index contributed by atoms with van der Waals surface area (Å²) >= 11 is 1.75. The first-order valence-electron chi connectivity index (χ1n) is 8.54. The molecule has 25 heavy (non-hydrogen) atoms. The van der Waals surface area contributed by atoms with Crippen molar-refractivity contribution in [1.29, 1.82) is 0 Å². The Balaban J connectivity index is 1.53. The summed E-state index contributed by atoms with van der Waals surface area (Å²) in [5.74, 6) is -0.907. The molecule has 1 fully saturated rings. The van der Waals surface area contributed by atoms with E-state index in [0.29, 0.717) is 11.8 Å². The Labute approximate surface area is 151 Å². The monoisotopic (exact) mass is 362 g/mol. The molecular weight excluding hydrogens is 340 g/mol. The van der Waals surface area contributed by atoms with E-state index in [1.807, 2.05) is 24.3 Å². The van der Waals surface area contributed by atoms with E-state index in [0.717, 1.165) is 29.8 Å². The molecule has 1 heterocycles. The van der Waals surface area contributed by atoms with Gasteiger partial charge in [-0.15, -0.1) is 11.8 Å². The van der Waals surface area contributed by atoms with E-state index in [4.69, 9.17) is 4.74 Å². The van der Waals surface area contributed by atoms with Crippen molar-refractivity contribution in [3.63, 3.8) is 0 Å². The Morgan fingerprint density at radius 3 is 2.76 bits per heavy atom. The molecule has 7 heteroatoms. The van der Waals surface area contributed by atoms with Crippen molar-refractivity contribution in [3.05, 3.63) is 24.3 Å². The molecule has 1 atom stereocenters. The van der Waals surface area contributed by atoms with E-state index in [1.165, 1.54) is 0 Å². The number of nitrogens with one attached hydrogen (secondary N) is 1. The van der Waals surface area contributed by atoms with E-state index in [1.54, 1.807) is 16.7 Å². The van der Waals surface area contributed by atoms with E-state index in [9.17, 15) is 14.4 Å². The fraction of sp³-hybridized carbons (Fsp3) is 0.500. The molecule has 1 aliphatic carbocycles. The number of fused-ring (bicyclic) bond motifs is 1. The summed E-state index contributed by atoms with van der Waals surface area (Å²) in [5, 5.41) is 2.95. The fourth-order valence-corrected chi connectivity index (χ4v) is 3.78. The third-order valence-corrected chi connectivity index (χ3v) is 5.49. The zero-order chi connectivity index (χ0) is 17.8. The van der Waals surface area contributed by atoms with E-state index < -0.39 is 5.97 Å². The summed E-state index contributed by atoms with van der Waals surface area (Å²) in [4.78, 5) is 38.5. The standard InChI is InChI=1S/C18H22N2O4S/c1-12-8-9-20(14-4-2-3-5-15(14)25-12)16(21)11-24-17(22)10-19-18(23)13-6-7-13/h2-5,12-13H,6-11H2,1H3,(H,19,23)/t12-/m1/s1. The lowest BCUT2D eigenvalue weighted by Crippen LogP contribution is -2.37. The van der Waals surface area contributed by atoms with Crippen molar-refractivity contribution in [3.8, 4) is 0 Å². The van der Waals surface area contributed by atoms with Crippen LogP contribution in [0.3, 0.4) is 0 Å². The Morgan fingerprint density at radius 2 is 2.00 bits per heavy atom. The zero-order valence-electron chi connectivity index (χ0n) is 14.2. The lowest BCUT2D eigenvalue weighted by molar-refractivity contribution is -0.147. The normalized spacial score (nSPS) is 19.6. The maximum Gasteiger partial charge on any atom is 0.325 e. The third kappa shape index (κ3) is 4.75. The summed E-state index contributed by atoms with van der Waals surface area (Å²) < 4.78 is 5.04. The molecule has 1 aromatic carbocycles. The molecule has 0 bridgehead atoms. The van der Waals surface area contributed by atoms with Gasteiger partial charge < -0.3 is 15.0 Å². The van der Waals surface area contributed by atoms with Crippen LogP contribution in [0.1, 0.15) is 26.2 Å². The Kier molecular flexibility index (Phi) is 5.63. The van der Waals surface area contributed by atoms with Gasteiger partial charge in [0, 0.05) is 22.6 Å². The maximum atomic E-state index is 12.5. The van der Waals surface area contributed by atoms with Gasteiger partial charge in [-0.1, -0.05) is 19.1 Å². The lowest BCUT2D eigenvalue weighted by atomic mass is 10.2. The molecule has 1 saturated carbocycles. The number of carbonyl (C=O) groups excluding carboxylic acids is 3. The Morgan fingerprint density at radius 1 is 1.24 bits per heavy atom. The largest absolute Gasteiger partial charge is 0.454 e. The van der Waals surface area contributed by atoms with Gasteiger partial charge >= 0.3 is 5.97 Å². The first-order valence-corrected chi connectivity index (χ1v) is 9.42. The van der Waals surface area contributed by atoms with Gasteiger partial charge in [-0.05, 0) is 31.4 Å². The molecule has 1 aromatic rings. The van der Waals surface area contributed by atoms with Crippen LogP contribution in [0.4, 0.5) is 5.69 Å². The van der Waals surface area contributed by atoms with E-state index in [-0.39, 0.29) is 30.9 Å². The molecule has 2 aliphatic rings. The number of thioether (sulfide) groups is 1. The van der Waals surface area contributed by atoms with E-state index >= 15 is 0 Å². The molecule has 6 nitrogen and oxygen atoms in total. The minimum absolute atomic E-state index is 0.0440. The van der Waals surface area contributed by atoms with Crippen molar-refractivity contribution in [1.82, 2.24) is 5.32 Å². The number of para-hydroxylation sites is 1. The second kappa shape index (κ2) is 7.91. The molecule has 3 rings (SSSR count). The number of ether oxygens (including phenoxy) is 1. The number of esters is 1. The Hall–Kier alpha value is -2.02. The fourth-order valence-electron chi connectivity index (χ4n) is 2.67. The predicted molar refractivity (Wildman–Crippen MR) is 95.4 cm³/mol. The van der Waals surface area contributed by atoms with Crippen LogP contribution in [-0.4, -0.2) is 42.7 Å². The number of amides is 2. The van der Waals surface area contributed by atoms with Crippen LogP contribution in [0.5, 0.6) is 0 Å². The molecule has 134 valence electrons. The third-order valence-electron chi connectivity index (χ3n) is 4.26. The Bertz CT molecular complexity index is 675. The average Bonchev–Trinajstić information content (AvgIpc) is 3.44. The number of hydrogen-bond donors (Lipinski definition) is 1. The van der Waals surface area contributed by atoms with Crippen molar-refractivity contribution in [2.24, 2.45) is 5.92 Å². The quantitative estimate of drug-likeness (QED) is 0.811. The van der Waals surface area contributed by atoms with Crippen LogP contribution in [0, 0.1) is 5.92 Å². The van der Waals surface area contributed by atoms with Gasteiger partial charge in [0.25, 0.3) is 5.91 Å². The highest BCUT2D eigenvalue weighted by Crippen LogP contribution is 2.37. The van der Waals surface area contributed by atoms with E-state index in [2.05, 4.69) is 12.2 Å². The lowest BCUT2D eigenvalue weighted by Gasteiger charge is -2.22. The van der Waals surface area contributed by atoms with Crippen molar-refractivity contribution < 1.29 is 19.1 Å². The van der Waals surface area contributed by atoms with Gasteiger partial charge in [0.1, 0.15) is 6.54 Å². The van der Waals surface area contributed by atoms with Gasteiger partial charge in [0.2, 0.25) is 5.91 Å². The van der Waals surface area contributed by atoms with Crippen LogP contribution >= 0.6 is 11.8 Å². The summed E-state index contributed by atoms with van der Waals surface area (Å²) in [6.45, 7) is 2.23. The second-order valence-electron chi connectivity index (χ2n) is 6.38. The SMILES string of the molecule is C[C@@H]1CCN(C(=O)COC(=O)CNC(=O)C2CC2)c2ccccc2S1. The maximum absolute atomic E-state index is 12.5. The minimum Gasteiger partial charge on any atom is -0.454 e. The molecule has 0 radical (unpaired) electrons. The van der Waals surface area contributed by atoms with Crippen LogP contribution in [0.15, 0.2) is 29.2 Å². The van der Waals surface area contributed by atoms with Crippen LogP contribution in [-0.2, 0) is 19.1 Å². The predicted octanol–water partition coefficient (Wildman–Crippen LogP) is 1.97. The highest BCUT2D eigenvalue weighted by Gasteiger charge is 2.30. The van der Waals surface area contributed by atoms with Gasteiger partial charge in [-0.3, -0.25) is 14.4 Å². The number of benzene rings is 1. The zero-order valence-corrected chi connectivity index (χ0v) is 15.0. The van der Waals surface area contributed by atoms with Crippen LogP contribution in [0.25, 0.3) is 0 Å². The molecule has 0 aromatic heterocycles. The topological polar surface area (TPSA) is 75.7 Å². The smallest absolute Gasteiger partial charge is 0.325 e. The highest BCUT2D eigenvalue weighted by molar-refractivity contribution is 8.00. The van der Waals surface area contributed by atoms with Crippen molar-refractivity contribution in [2.75, 3.05) is 24.6 Å². The van der Waals surface area contributed by atoms with Gasteiger partial charge in [-0.2, -0.15) is 0 Å². The molecule has 0 saturated heterocycles. The summed E-state index contributed by atoms with van der Waals surface area (Å²) in [5.41, 5.74) is 0.861. The molecule has 1 N–H and O–H groups in total. The van der Waals surface area contributed by atoms with Crippen molar-refractivity contribution in [2.45, 2.75) is 36.3 Å². The molecule has 0 spiro atoms. The number of rotatable bonds is 5. The molecular formula is C18H22N2O4S. The van der Waals surface area contributed by atoms with Crippen molar-refractivity contribution >= 4 is 35.2 Å².